The number of nitrogens with zero attached hydrogens (tertiary/aromatic N) is 1. The van der Waals surface area contributed by atoms with Crippen LogP contribution in [0.25, 0.3) is 0 Å². The Morgan fingerprint density at radius 2 is 1.81 bits per heavy atom. The predicted octanol–water partition coefficient (Wildman–Crippen LogP) is 3.13. The molecule has 0 aromatic heterocycles. The van der Waals surface area contributed by atoms with Crippen molar-refractivity contribution in [1.82, 2.24) is 9.62 Å². The minimum Gasteiger partial charge on any atom is -0.343 e. The third kappa shape index (κ3) is 5.55. The molecule has 0 heterocycles. The van der Waals surface area contributed by atoms with Crippen LogP contribution in [0.2, 0.25) is 0 Å². The first-order valence-electron chi connectivity index (χ1n) is 9.58. The van der Waals surface area contributed by atoms with Crippen LogP contribution >= 0.6 is 0 Å². The maximum absolute atomic E-state index is 12.5. The molecular formula is C20H32N2O3S. The minimum absolute atomic E-state index is 0.0358. The van der Waals surface area contributed by atoms with Gasteiger partial charge in [0.2, 0.25) is 15.9 Å². The molecule has 1 aromatic carbocycles. The van der Waals surface area contributed by atoms with Gasteiger partial charge in [0.1, 0.15) is 0 Å². The number of hydrogen-bond acceptors (Lipinski definition) is 3. The Bertz CT molecular complexity index is 729. The summed E-state index contributed by atoms with van der Waals surface area (Å²) < 4.78 is 27.6. The second kappa shape index (κ2) is 9.00. The Balaban J connectivity index is 1.91. The van der Waals surface area contributed by atoms with E-state index in [0.717, 1.165) is 31.2 Å². The van der Waals surface area contributed by atoms with E-state index >= 15 is 0 Å². The van der Waals surface area contributed by atoms with E-state index in [1.165, 1.54) is 12.0 Å². The highest BCUT2D eigenvalue weighted by atomic mass is 32.2. The minimum atomic E-state index is -3.58. The normalized spacial score (nSPS) is 15.6. The van der Waals surface area contributed by atoms with E-state index in [0.29, 0.717) is 10.8 Å². The van der Waals surface area contributed by atoms with Gasteiger partial charge in [0, 0.05) is 26.1 Å². The molecule has 1 aliphatic rings. The molecule has 1 N–H and O–H groups in total. The number of nitrogens with one attached hydrogen (secondary N) is 1. The first-order valence-corrected chi connectivity index (χ1v) is 11.1. The molecule has 0 spiro atoms. The van der Waals surface area contributed by atoms with Crippen molar-refractivity contribution in [3.63, 3.8) is 0 Å². The SMILES string of the molecule is CC(C)CC(C)N(C)C(=O)CCNS(=O)(=O)c1ccc2c(c1)CCCC2. The number of carbonyl (C=O) groups excluding carboxylic acids is 1. The highest BCUT2D eigenvalue weighted by Gasteiger charge is 2.20. The van der Waals surface area contributed by atoms with E-state index in [4.69, 9.17) is 0 Å². The fourth-order valence-electron chi connectivity index (χ4n) is 3.52. The third-order valence-electron chi connectivity index (χ3n) is 5.13. The molecule has 1 aliphatic carbocycles. The van der Waals surface area contributed by atoms with Crippen molar-refractivity contribution in [1.29, 1.82) is 0 Å². The Labute approximate surface area is 158 Å². The summed E-state index contributed by atoms with van der Waals surface area (Å²) in [6.07, 6.45) is 5.35. The van der Waals surface area contributed by atoms with Crippen molar-refractivity contribution in [3.8, 4) is 0 Å². The number of aryl methyl sites for hydroxylation is 2. The van der Waals surface area contributed by atoms with Crippen molar-refractivity contribution in [2.45, 2.75) is 70.2 Å². The lowest BCUT2D eigenvalue weighted by molar-refractivity contribution is -0.131. The molecule has 6 heteroatoms. The highest BCUT2D eigenvalue weighted by Crippen LogP contribution is 2.24. The van der Waals surface area contributed by atoms with E-state index in [9.17, 15) is 13.2 Å². The summed E-state index contributed by atoms with van der Waals surface area (Å²) in [5.74, 6) is 0.481. The fraction of sp³-hybridized carbons (Fsp3) is 0.650. The van der Waals surface area contributed by atoms with Gasteiger partial charge in [-0.2, -0.15) is 0 Å². The molecule has 0 fully saturated rings. The van der Waals surface area contributed by atoms with Gasteiger partial charge in [0.25, 0.3) is 0 Å². The van der Waals surface area contributed by atoms with E-state index in [1.807, 2.05) is 13.0 Å². The van der Waals surface area contributed by atoms with Crippen LogP contribution in [-0.4, -0.2) is 38.9 Å². The molecule has 5 nitrogen and oxygen atoms in total. The van der Waals surface area contributed by atoms with E-state index in [2.05, 4.69) is 18.6 Å². The van der Waals surface area contributed by atoms with Gasteiger partial charge in [0.15, 0.2) is 0 Å². The molecule has 0 aliphatic heterocycles. The topological polar surface area (TPSA) is 66.5 Å². The molecule has 26 heavy (non-hydrogen) atoms. The lowest BCUT2D eigenvalue weighted by atomic mass is 9.92. The van der Waals surface area contributed by atoms with Crippen LogP contribution in [0.5, 0.6) is 0 Å². The zero-order valence-electron chi connectivity index (χ0n) is 16.4. The third-order valence-corrected chi connectivity index (χ3v) is 6.59. The second-order valence-corrected chi connectivity index (χ2v) is 9.54. The first-order chi connectivity index (χ1) is 12.2. The summed E-state index contributed by atoms with van der Waals surface area (Å²) in [6, 6.07) is 5.54. The van der Waals surface area contributed by atoms with Gasteiger partial charge in [-0.05, 0) is 68.2 Å². The van der Waals surface area contributed by atoms with Gasteiger partial charge in [-0.3, -0.25) is 4.79 Å². The summed E-state index contributed by atoms with van der Waals surface area (Å²) in [6.45, 7) is 6.40. The number of rotatable bonds is 8. The van der Waals surface area contributed by atoms with Gasteiger partial charge < -0.3 is 4.90 Å². The molecule has 1 atom stereocenters. The molecule has 1 aromatic rings. The van der Waals surface area contributed by atoms with Gasteiger partial charge in [0.05, 0.1) is 4.90 Å². The Hall–Kier alpha value is -1.40. The van der Waals surface area contributed by atoms with Crippen LogP contribution in [0.4, 0.5) is 0 Å². The second-order valence-electron chi connectivity index (χ2n) is 7.77. The van der Waals surface area contributed by atoms with Crippen LogP contribution in [0.3, 0.4) is 0 Å². The van der Waals surface area contributed by atoms with Crippen molar-refractivity contribution < 1.29 is 13.2 Å². The number of fused-ring (bicyclic) bond motifs is 1. The van der Waals surface area contributed by atoms with Crippen LogP contribution in [-0.2, 0) is 27.7 Å². The molecule has 146 valence electrons. The molecule has 0 bridgehead atoms. The molecule has 0 saturated carbocycles. The van der Waals surface area contributed by atoms with Crippen molar-refractivity contribution in [2.75, 3.05) is 13.6 Å². The summed E-state index contributed by atoms with van der Waals surface area (Å²) in [5.41, 5.74) is 2.39. The van der Waals surface area contributed by atoms with E-state index in [1.54, 1.807) is 24.1 Å². The van der Waals surface area contributed by atoms with Crippen molar-refractivity contribution >= 4 is 15.9 Å². The van der Waals surface area contributed by atoms with Crippen LogP contribution < -0.4 is 4.72 Å². The summed E-state index contributed by atoms with van der Waals surface area (Å²) in [7, 11) is -1.79. The predicted molar refractivity (Wildman–Crippen MR) is 105 cm³/mol. The highest BCUT2D eigenvalue weighted by molar-refractivity contribution is 7.89. The molecule has 1 unspecified atom stereocenters. The zero-order valence-corrected chi connectivity index (χ0v) is 17.2. The first kappa shape index (κ1) is 20.9. The maximum Gasteiger partial charge on any atom is 0.240 e. The zero-order chi connectivity index (χ0) is 19.3. The van der Waals surface area contributed by atoms with Crippen LogP contribution in [0, 0.1) is 5.92 Å². The Morgan fingerprint density at radius 1 is 1.15 bits per heavy atom. The lowest BCUT2D eigenvalue weighted by Gasteiger charge is -2.26. The van der Waals surface area contributed by atoms with Crippen molar-refractivity contribution in [3.05, 3.63) is 29.3 Å². The Kier molecular flexibility index (Phi) is 7.24. The summed E-state index contributed by atoms with van der Waals surface area (Å²) in [5, 5.41) is 0. The maximum atomic E-state index is 12.5. The van der Waals surface area contributed by atoms with E-state index in [-0.39, 0.29) is 24.9 Å². The average molecular weight is 381 g/mol. The summed E-state index contributed by atoms with van der Waals surface area (Å²) >= 11 is 0. The monoisotopic (exact) mass is 380 g/mol. The molecule has 0 radical (unpaired) electrons. The van der Waals surface area contributed by atoms with Gasteiger partial charge in [-0.25, -0.2) is 13.1 Å². The van der Waals surface area contributed by atoms with Crippen LogP contribution in [0.1, 0.15) is 57.6 Å². The standard InChI is InChI=1S/C20H32N2O3S/c1-15(2)13-16(3)22(4)20(23)11-12-21-26(24,25)19-10-9-17-7-5-6-8-18(17)14-19/h9-10,14-16,21H,5-8,11-13H2,1-4H3. The molecule has 1 amide bonds. The van der Waals surface area contributed by atoms with Crippen molar-refractivity contribution in [2.24, 2.45) is 5.92 Å². The number of carbonyl (C=O) groups is 1. The smallest absolute Gasteiger partial charge is 0.240 e. The number of hydrogen-bond donors (Lipinski definition) is 1. The molecule has 2 rings (SSSR count). The fourth-order valence-corrected chi connectivity index (χ4v) is 4.60. The van der Waals surface area contributed by atoms with E-state index < -0.39 is 10.0 Å². The molecule has 0 saturated heterocycles. The summed E-state index contributed by atoms with van der Waals surface area (Å²) in [4.78, 5) is 14.3. The molecular weight excluding hydrogens is 348 g/mol. The lowest BCUT2D eigenvalue weighted by Crippen LogP contribution is -2.38. The number of benzene rings is 1. The van der Waals surface area contributed by atoms with Gasteiger partial charge in [-0.1, -0.05) is 19.9 Å². The van der Waals surface area contributed by atoms with Gasteiger partial charge >= 0.3 is 0 Å². The number of amides is 1. The largest absolute Gasteiger partial charge is 0.343 e. The van der Waals surface area contributed by atoms with Crippen LogP contribution in [0.15, 0.2) is 23.1 Å². The number of sulfonamides is 1. The average Bonchev–Trinajstić information content (AvgIpc) is 2.59. The Morgan fingerprint density at radius 3 is 2.46 bits per heavy atom. The van der Waals surface area contributed by atoms with Gasteiger partial charge in [-0.15, -0.1) is 0 Å². The quantitative estimate of drug-likeness (QED) is 0.753.